The van der Waals surface area contributed by atoms with Gasteiger partial charge >= 0.3 is 5.97 Å². The lowest BCUT2D eigenvalue weighted by molar-refractivity contribution is -0.131. The third-order valence-corrected chi connectivity index (χ3v) is 2.55. The number of benzene rings is 1. The lowest BCUT2D eigenvalue weighted by Crippen LogP contribution is -2.22. The van der Waals surface area contributed by atoms with Gasteiger partial charge in [0.2, 0.25) is 0 Å². The highest BCUT2D eigenvalue weighted by atomic mass is 35.5. The van der Waals surface area contributed by atoms with Crippen LogP contribution in [0.15, 0.2) is 24.3 Å². The summed E-state index contributed by atoms with van der Waals surface area (Å²) < 4.78 is 11.1. The molecule has 20 heavy (non-hydrogen) atoms. The van der Waals surface area contributed by atoms with Crippen molar-refractivity contribution in [2.45, 2.75) is 26.4 Å². The Hall–Kier alpha value is -1.52. The summed E-state index contributed by atoms with van der Waals surface area (Å²) >= 11 is 6.07. The fourth-order valence-corrected chi connectivity index (χ4v) is 1.65. The van der Waals surface area contributed by atoms with Crippen LogP contribution in [0, 0.1) is 0 Å². The van der Waals surface area contributed by atoms with Gasteiger partial charge in [-0.05, 0) is 44.5 Å². The van der Waals surface area contributed by atoms with Crippen molar-refractivity contribution in [1.82, 2.24) is 0 Å². The molecular formula is C15H19ClO4. The number of hydrogen-bond acceptors (Lipinski definition) is 3. The molecule has 0 heterocycles. The maximum atomic E-state index is 10.4. The Labute approximate surface area is 124 Å². The zero-order chi connectivity index (χ0) is 15.2. The van der Waals surface area contributed by atoms with Crippen LogP contribution < -0.4 is 4.74 Å². The van der Waals surface area contributed by atoms with Crippen molar-refractivity contribution in [3.8, 4) is 5.75 Å². The van der Waals surface area contributed by atoms with Crippen molar-refractivity contribution >= 4 is 23.6 Å². The third-order valence-electron chi connectivity index (χ3n) is 2.25. The molecule has 0 saturated carbocycles. The number of aliphatic carboxylic acids is 1. The summed E-state index contributed by atoms with van der Waals surface area (Å²) in [6, 6.07) is 5.10. The molecule has 1 rings (SSSR count). The van der Waals surface area contributed by atoms with E-state index < -0.39 is 5.97 Å². The molecule has 1 N–H and O–H groups in total. The Kier molecular flexibility index (Phi) is 6.05. The molecule has 0 aromatic heterocycles. The van der Waals surface area contributed by atoms with Gasteiger partial charge in [0.1, 0.15) is 12.4 Å². The van der Waals surface area contributed by atoms with Crippen molar-refractivity contribution in [2.24, 2.45) is 0 Å². The van der Waals surface area contributed by atoms with Crippen LogP contribution in [0.4, 0.5) is 0 Å². The van der Waals surface area contributed by atoms with Crippen molar-refractivity contribution in [1.29, 1.82) is 0 Å². The first-order valence-electron chi connectivity index (χ1n) is 6.25. The number of ether oxygens (including phenoxy) is 2. The maximum Gasteiger partial charge on any atom is 0.328 e. The van der Waals surface area contributed by atoms with Gasteiger partial charge in [0.05, 0.1) is 17.2 Å². The smallest absolute Gasteiger partial charge is 0.328 e. The molecule has 1 aromatic carbocycles. The molecule has 1 aromatic rings. The molecule has 0 aliphatic rings. The van der Waals surface area contributed by atoms with Gasteiger partial charge in [-0.1, -0.05) is 17.7 Å². The Morgan fingerprint density at radius 1 is 1.35 bits per heavy atom. The van der Waals surface area contributed by atoms with Crippen LogP contribution in [-0.4, -0.2) is 29.9 Å². The number of halogens is 1. The topological polar surface area (TPSA) is 55.8 Å². The molecule has 0 spiro atoms. The van der Waals surface area contributed by atoms with Crippen molar-refractivity contribution in [3.05, 3.63) is 34.9 Å². The van der Waals surface area contributed by atoms with Crippen LogP contribution in [0.25, 0.3) is 6.08 Å². The van der Waals surface area contributed by atoms with Gasteiger partial charge in [-0.25, -0.2) is 4.79 Å². The van der Waals surface area contributed by atoms with E-state index >= 15 is 0 Å². The standard InChI is InChI=1S/C15H19ClO4/c1-15(2,3)20-9-8-19-13-6-4-11(10-12(13)16)5-7-14(17)18/h4-7,10H,8-9H2,1-3H3,(H,17,18)/b7-5+. The lowest BCUT2D eigenvalue weighted by Gasteiger charge is -2.19. The van der Waals surface area contributed by atoms with Crippen LogP contribution >= 0.6 is 11.6 Å². The summed E-state index contributed by atoms with van der Waals surface area (Å²) in [6.07, 6.45) is 2.53. The Morgan fingerprint density at radius 3 is 2.60 bits per heavy atom. The van der Waals surface area contributed by atoms with E-state index in [0.29, 0.717) is 29.5 Å². The minimum absolute atomic E-state index is 0.196. The zero-order valence-electron chi connectivity index (χ0n) is 11.9. The predicted octanol–water partition coefficient (Wildman–Crippen LogP) is 3.63. The largest absolute Gasteiger partial charge is 0.490 e. The highest BCUT2D eigenvalue weighted by molar-refractivity contribution is 6.32. The van der Waals surface area contributed by atoms with E-state index in [1.54, 1.807) is 18.2 Å². The first-order chi connectivity index (χ1) is 9.28. The second-order valence-electron chi connectivity index (χ2n) is 5.17. The van der Waals surface area contributed by atoms with E-state index in [1.165, 1.54) is 6.08 Å². The lowest BCUT2D eigenvalue weighted by atomic mass is 10.2. The summed E-state index contributed by atoms with van der Waals surface area (Å²) in [5, 5.41) is 8.99. The van der Waals surface area contributed by atoms with Crippen LogP contribution in [0.3, 0.4) is 0 Å². The molecule has 5 heteroatoms. The summed E-state index contributed by atoms with van der Waals surface area (Å²) in [7, 11) is 0. The Bertz CT molecular complexity index is 489. The van der Waals surface area contributed by atoms with Gasteiger partial charge in [-0.15, -0.1) is 0 Å². The monoisotopic (exact) mass is 298 g/mol. The summed E-state index contributed by atoms with van der Waals surface area (Å²) in [5.41, 5.74) is 0.509. The van der Waals surface area contributed by atoms with E-state index in [2.05, 4.69) is 0 Å². The quantitative estimate of drug-likeness (QED) is 0.643. The highest BCUT2D eigenvalue weighted by Crippen LogP contribution is 2.26. The van der Waals surface area contributed by atoms with Gasteiger partial charge in [-0.3, -0.25) is 0 Å². The second kappa shape index (κ2) is 7.31. The van der Waals surface area contributed by atoms with Gasteiger partial charge in [0, 0.05) is 6.08 Å². The van der Waals surface area contributed by atoms with Crippen molar-refractivity contribution in [3.63, 3.8) is 0 Å². The van der Waals surface area contributed by atoms with E-state index in [-0.39, 0.29) is 5.60 Å². The molecule has 4 nitrogen and oxygen atoms in total. The summed E-state index contributed by atoms with van der Waals surface area (Å²) in [6.45, 7) is 6.80. The van der Waals surface area contributed by atoms with Gasteiger partial charge in [-0.2, -0.15) is 0 Å². The SMILES string of the molecule is CC(C)(C)OCCOc1ccc(/C=C/C(=O)O)cc1Cl. The van der Waals surface area contributed by atoms with E-state index in [9.17, 15) is 4.79 Å². The van der Waals surface area contributed by atoms with E-state index in [1.807, 2.05) is 20.8 Å². The molecule has 0 amide bonds. The van der Waals surface area contributed by atoms with Crippen molar-refractivity contribution < 1.29 is 19.4 Å². The van der Waals surface area contributed by atoms with Crippen LogP contribution in [0.5, 0.6) is 5.75 Å². The van der Waals surface area contributed by atoms with Crippen LogP contribution in [0.1, 0.15) is 26.3 Å². The van der Waals surface area contributed by atoms with Gasteiger partial charge in [0.15, 0.2) is 0 Å². The summed E-state index contributed by atoms with van der Waals surface area (Å²) in [5.74, 6) is -0.447. The van der Waals surface area contributed by atoms with Crippen LogP contribution in [-0.2, 0) is 9.53 Å². The number of carbonyl (C=O) groups is 1. The van der Waals surface area contributed by atoms with E-state index in [0.717, 1.165) is 6.08 Å². The molecule has 0 atom stereocenters. The Morgan fingerprint density at radius 2 is 2.05 bits per heavy atom. The zero-order valence-corrected chi connectivity index (χ0v) is 12.6. The third kappa shape index (κ3) is 6.59. The predicted molar refractivity (Wildman–Crippen MR) is 79.3 cm³/mol. The van der Waals surface area contributed by atoms with Gasteiger partial charge < -0.3 is 14.6 Å². The molecule has 0 saturated heterocycles. The molecule has 0 aliphatic carbocycles. The average molecular weight is 299 g/mol. The molecule has 0 unspecified atom stereocenters. The molecular weight excluding hydrogens is 280 g/mol. The average Bonchev–Trinajstić information content (AvgIpc) is 2.32. The fraction of sp³-hybridized carbons (Fsp3) is 0.400. The number of carboxylic acids is 1. The minimum atomic E-state index is -0.999. The second-order valence-corrected chi connectivity index (χ2v) is 5.58. The number of carboxylic acid groups (broad SMARTS) is 1. The highest BCUT2D eigenvalue weighted by Gasteiger charge is 2.09. The van der Waals surface area contributed by atoms with Gasteiger partial charge in [0.25, 0.3) is 0 Å². The molecule has 110 valence electrons. The first-order valence-corrected chi connectivity index (χ1v) is 6.63. The normalized spacial score (nSPS) is 11.8. The van der Waals surface area contributed by atoms with Crippen LogP contribution in [0.2, 0.25) is 5.02 Å². The molecule has 0 bridgehead atoms. The fourth-order valence-electron chi connectivity index (χ4n) is 1.40. The van der Waals surface area contributed by atoms with Crippen molar-refractivity contribution in [2.75, 3.05) is 13.2 Å². The summed E-state index contributed by atoms with van der Waals surface area (Å²) in [4.78, 5) is 10.4. The molecule has 0 fully saturated rings. The number of rotatable bonds is 6. The maximum absolute atomic E-state index is 10.4. The number of hydrogen-bond donors (Lipinski definition) is 1. The molecule has 0 radical (unpaired) electrons. The van der Waals surface area contributed by atoms with E-state index in [4.69, 9.17) is 26.2 Å². The molecule has 0 aliphatic heterocycles. The Balaban J connectivity index is 2.54. The first kappa shape index (κ1) is 16.5. The minimum Gasteiger partial charge on any atom is -0.490 e.